The molecule has 3 amide bonds. The number of nitrogens with zero attached hydrogens (tertiary/aromatic N) is 6. The third-order valence-corrected chi connectivity index (χ3v) is 7.25. The molecule has 3 aliphatic heterocycles. The summed E-state index contributed by atoms with van der Waals surface area (Å²) in [6.45, 7) is 7.63. The number of hydrogen-bond acceptors (Lipinski definition) is 8. The van der Waals surface area contributed by atoms with Crippen LogP contribution < -0.4 is 20.4 Å². The second kappa shape index (κ2) is 12.6. The summed E-state index contributed by atoms with van der Waals surface area (Å²) in [4.78, 5) is 41.3. The SMILES string of the molecule is CCN(CCC#N)C(=O)Nc1cccc(N2C=C(Nc3ccc(C(=O)N4CCOCC4)cn3)C3=NC=C[NH+]3C2)c1C. The minimum Gasteiger partial charge on any atom is -0.378 e. The second-order valence-corrected chi connectivity index (χ2v) is 9.82. The Kier molecular flexibility index (Phi) is 8.57. The smallest absolute Gasteiger partial charge is 0.321 e. The molecular formula is C29H34N9O3+. The number of rotatable bonds is 8. The number of ether oxygens (including phenoxy) is 1. The van der Waals surface area contributed by atoms with Crippen LogP contribution in [0.5, 0.6) is 0 Å². The Balaban J connectivity index is 1.34. The van der Waals surface area contributed by atoms with Crippen LogP contribution in [0.3, 0.4) is 0 Å². The van der Waals surface area contributed by atoms with Crippen LogP contribution in [0.25, 0.3) is 0 Å². The van der Waals surface area contributed by atoms with Crippen LogP contribution in [-0.2, 0) is 4.74 Å². The molecule has 0 spiro atoms. The summed E-state index contributed by atoms with van der Waals surface area (Å²) in [6, 6.07) is 11.2. The number of quaternary nitrogens is 1. The van der Waals surface area contributed by atoms with Crippen LogP contribution in [0.2, 0.25) is 0 Å². The zero-order chi connectivity index (χ0) is 28.8. The van der Waals surface area contributed by atoms with Gasteiger partial charge in [0.25, 0.3) is 11.7 Å². The van der Waals surface area contributed by atoms with Gasteiger partial charge in [0, 0.05) is 44.3 Å². The van der Waals surface area contributed by atoms with Gasteiger partial charge >= 0.3 is 6.03 Å². The highest BCUT2D eigenvalue weighted by Gasteiger charge is 2.32. The number of nitriles is 1. The number of nitrogens with one attached hydrogen (secondary N) is 3. The minimum atomic E-state index is -0.233. The van der Waals surface area contributed by atoms with Crippen molar-refractivity contribution in [3.63, 3.8) is 0 Å². The number of hydrogen-bond donors (Lipinski definition) is 3. The molecular weight excluding hydrogens is 522 g/mol. The molecule has 5 rings (SSSR count). The van der Waals surface area contributed by atoms with E-state index in [0.29, 0.717) is 63.1 Å². The molecule has 1 atom stereocenters. The van der Waals surface area contributed by atoms with Crippen molar-refractivity contribution in [3.8, 4) is 6.07 Å². The summed E-state index contributed by atoms with van der Waals surface area (Å²) in [5.74, 6) is 1.39. The van der Waals surface area contributed by atoms with E-state index in [0.717, 1.165) is 27.7 Å². The zero-order valence-electron chi connectivity index (χ0n) is 23.3. The van der Waals surface area contributed by atoms with Crippen LogP contribution >= 0.6 is 0 Å². The van der Waals surface area contributed by atoms with E-state index in [9.17, 15) is 9.59 Å². The Morgan fingerprint density at radius 2 is 2.05 bits per heavy atom. The molecule has 12 nitrogen and oxygen atoms in total. The maximum atomic E-state index is 12.9. The van der Waals surface area contributed by atoms with Crippen molar-refractivity contribution >= 4 is 35.0 Å². The number of benzene rings is 1. The van der Waals surface area contributed by atoms with Crippen molar-refractivity contribution in [3.05, 3.63) is 72.0 Å². The van der Waals surface area contributed by atoms with Gasteiger partial charge < -0.3 is 25.2 Å². The number of aromatic nitrogens is 1. The fourth-order valence-corrected chi connectivity index (χ4v) is 4.96. The minimum absolute atomic E-state index is 0.0510. The lowest BCUT2D eigenvalue weighted by Gasteiger charge is -2.31. The van der Waals surface area contributed by atoms with Crippen molar-refractivity contribution in [2.45, 2.75) is 20.3 Å². The number of amides is 3. The lowest BCUT2D eigenvalue weighted by atomic mass is 10.1. The van der Waals surface area contributed by atoms with E-state index < -0.39 is 0 Å². The lowest BCUT2D eigenvalue weighted by Crippen LogP contribution is -3.12. The van der Waals surface area contributed by atoms with Crippen LogP contribution in [0.1, 0.15) is 29.3 Å². The maximum Gasteiger partial charge on any atom is 0.321 e. The first kappa shape index (κ1) is 27.8. The molecule has 1 unspecified atom stereocenters. The fraction of sp³-hybridized carbons (Fsp3) is 0.345. The molecule has 0 saturated carbocycles. The van der Waals surface area contributed by atoms with Gasteiger partial charge in [-0.2, -0.15) is 10.3 Å². The third kappa shape index (κ3) is 6.21. The predicted octanol–water partition coefficient (Wildman–Crippen LogP) is 2.13. The van der Waals surface area contributed by atoms with Gasteiger partial charge in [0.2, 0.25) is 0 Å². The number of carbonyl (C=O) groups excluding carboxylic acids is 2. The van der Waals surface area contributed by atoms with E-state index >= 15 is 0 Å². The van der Waals surface area contributed by atoms with Crippen LogP contribution in [-0.4, -0.2) is 78.6 Å². The average Bonchev–Trinajstić information content (AvgIpc) is 3.48. The molecule has 2 aromatic rings. The van der Waals surface area contributed by atoms with Crippen LogP contribution in [0, 0.1) is 18.3 Å². The molecule has 212 valence electrons. The molecule has 1 saturated heterocycles. The molecule has 4 heterocycles. The third-order valence-electron chi connectivity index (χ3n) is 7.25. The number of aliphatic imine (C=N–C) groups is 1. The molecule has 1 aromatic carbocycles. The molecule has 0 bridgehead atoms. The number of pyridine rings is 1. The van der Waals surface area contributed by atoms with Crippen molar-refractivity contribution in [1.29, 1.82) is 5.26 Å². The molecule has 41 heavy (non-hydrogen) atoms. The number of urea groups is 1. The molecule has 1 fully saturated rings. The van der Waals surface area contributed by atoms with Crippen LogP contribution in [0.15, 0.2) is 65.8 Å². The number of carbonyl (C=O) groups is 2. The molecule has 0 radical (unpaired) electrons. The highest BCUT2D eigenvalue weighted by Crippen LogP contribution is 2.28. The molecule has 0 aliphatic carbocycles. The van der Waals surface area contributed by atoms with Gasteiger partial charge in [0.05, 0.1) is 43.2 Å². The quantitative estimate of drug-likeness (QED) is 0.454. The number of fused-ring (bicyclic) bond motifs is 1. The zero-order valence-corrected chi connectivity index (χ0v) is 23.3. The van der Waals surface area contributed by atoms with Crippen molar-refractivity contribution in [2.75, 3.05) is 61.6 Å². The van der Waals surface area contributed by atoms with E-state index in [1.807, 2.05) is 44.4 Å². The number of amidine groups is 1. The monoisotopic (exact) mass is 556 g/mol. The Morgan fingerprint density at radius 3 is 2.78 bits per heavy atom. The Hall–Kier alpha value is -4.73. The van der Waals surface area contributed by atoms with Crippen LogP contribution in [0.4, 0.5) is 22.0 Å². The average molecular weight is 557 g/mol. The summed E-state index contributed by atoms with van der Waals surface area (Å²) < 4.78 is 5.34. The maximum absolute atomic E-state index is 12.9. The summed E-state index contributed by atoms with van der Waals surface area (Å²) in [5.41, 5.74) is 3.87. The van der Waals surface area contributed by atoms with Crippen molar-refractivity contribution < 1.29 is 19.2 Å². The van der Waals surface area contributed by atoms with E-state index in [-0.39, 0.29) is 18.4 Å². The van der Waals surface area contributed by atoms with E-state index in [1.165, 1.54) is 0 Å². The van der Waals surface area contributed by atoms with Gasteiger partial charge in [0.1, 0.15) is 17.7 Å². The number of morpholine rings is 1. The Labute approximate surface area is 239 Å². The first-order chi connectivity index (χ1) is 20.0. The highest BCUT2D eigenvalue weighted by atomic mass is 16.5. The summed E-state index contributed by atoms with van der Waals surface area (Å²) in [6.07, 6.45) is 7.64. The van der Waals surface area contributed by atoms with E-state index in [2.05, 4.69) is 31.6 Å². The normalized spacial score (nSPS) is 17.7. The standard InChI is InChI=1S/C29H33N9O3/c1-3-35(12-5-10-30)29(40)34-23-6-4-7-25(21(23)2)38-19-24(27-31-11-13-37(27)20-38)33-26-9-8-22(18-32-26)28(39)36-14-16-41-17-15-36/h4,6-9,11,13,18-19H,3,5,12,14-17,20H2,1-2H3,(H,32,33)(H,34,40)/p+1. The largest absolute Gasteiger partial charge is 0.378 e. The van der Waals surface area contributed by atoms with Gasteiger partial charge in [-0.15, -0.1) is 0 Å². The van der Waals surface area contributed by atoms with E-state index in [1.54, 1.807) is 34.3 Å². The summed E-state index contributed by atoms with van der Waals surface area (Å²) in [7, 11) is 0. The lowest BCUT2D eigenvalue weighted by molar-refractivity contribution is -0.743. The molecule has 12 heteroatoms. The molecule has 3 N–H and O–H groups in total. The topological polar surface area (TPSA) is 131 Å². The molecule has 3 aliphatic rings. The fourth-order valence-electron chi connectivity index (χ4n) is 4.96. The second-order valence-electron chi connectivity index (χ2n) is 9.82. The summed E-state index contributed by atoms with van der Waals surface area (Å²) >= 11 is 0. The first-order valence-electron chi connectivity index (χ1n) is 13.7. The van der Waals surface area contributed by atoms with Gasteiger partial charge in [-0.25, -0.2) is 14.7 Å². The Morgan fingerprint density at radius 1 is 1.22 bits per heavy atom. The number of anilines is 3. The highest BCUT2D eigenvalue weighted by molar-refractivity contribution is 5.98. The van der Waals surface area contributed by atoms with Gasteiger partial charge in [-0.3, -0.25) is 9.69 Å². The predicted molar refractivity (Wildman–Crippen MR) is 155 cm³/mol. The Bertz CT molecular complexity index is 1420. The van der Waals surface area contributed by atoms with Gasteiger partial charge in [-0.1, -0.05) is 6.07 Å². The van der Waals surface area contributed by atoms with Crippen molar-refractivity contribution in [1.82, 2.24) is 14.8 Å². The molecule has 1 aromatic heterocycles. The summed E-state index contributed by atoms with van der Waals surface area (Å²) in [5, 5.41) is 15.3. The van der Waals surface area contributed by atoms with Crippen molar-refractivity contribution in [2.24, 2.45) is 4.99 Å². The first-order valence-corrected chi connectivity index (χ1v) is 13.7. The van der Waals surface area contributed by atoms with E-state index in [4.69, 9.17) is 10.00 Å². The van der Waals surface area contributed by atoms with Gasteiger partial charge in [0.15, 0.2) is 6.67 Å². The van der Waals surface area contributed by atoms with Gasteiger partial charge in [-0.05, 0) is 43.7 Å².